The van der Waals surface area contributed by atoms with Crippen LogP contribution < -0.4 is 0 Å². The van der Waals surface area contributed by atoms with Gasteiger partial charge >= 0.3 is 0 Å². The van der Waals surface area contributed by atoms with Crippen LogP contribution in [0, 0.1) is 6.92 Å². The van der Waals surface area contributed by atoms with Gasteiger partial charge in [0, 0.05) is 0 Å². The van der Waals surface area contributed by atoms with Crippen molar-refractivity contribution in [1.82, 2.24) is 0 Å². The summed E-state index contributed by atoms with van der Waals surface area (Å²) in [5.41, 5.74) is 2.50. The molecule has 0 radical (unpaired) electrons. The van der Waals surface area contributed by atoms with Gasteiger partial charge in [0.2, 0.25) is 0 Å². The summed E-state index contributed by atoms with van der Waals surface area (Å²) >= 11 is 0. The molecule has 2 aromatic rings. The van der Waals surface area contributed by atoms with Crippen LogP contribution in [-0.2, 0) is 0 Å². The predicted molar refractivity (Wildman–Crippen MR) is 67.7 cm³/mol. The Morgan fingerprint density at radius 2 is 1.27 bits per heavy atom. The quantitative estimate of drug-likeness (QED) is 0.637. The van der Waals surface area contributed by atoms with Crippen LogP contribution >= 0.6 is 0 Å². The van der Waals surface area contributed by atoms with E-state index in [1.165, 1.54) is 11.1 Å². The molecule has 0 N–H and O–H groups in total. The molecule has 0 bridgehead atoms. The topological polar surface area (TPSA) is 0 Å². The average Bonchev–Trinajstić information content (AvgIpc) is 2.32. The SMILES string of the molecule is C=Cc1ccccc1.Cc1ccccc1. The molecule has 0 fully saturated rings. The van der Waals surface area contributed by atoms with Gasteiger partial charge in [-0.3, -0.25) is 0 Å². The maximum atomic E-state index is 3.63. The second-order valence-electron chi connectivity index (χ2n) is 3.27. The van der Waals surface area contributed by atoms with Crippen molar-refractivity contribution in [3.05, 3.63) is 78.4 Å². The zero-order chi connectivity index (χ0) is 10.9. The molecule has 0 heteroatoms. The molecule has 0 amide bonds. The normalized spacial score (nSPS) is 8.60. The average molecular weight is 196 g/mol. The number of hydrogen-bond donors (Lipinski definition) is 0. The standard InChI is InChI=1S/C8H8.C7H8/c1-2-8-6-4-3-5-7-8;1-7-5-3-2-4-6-7/h2-7H,1H2;2-6H,1H3. The van der Waals surface area contributed by atoms with Gasteiger partial charge in [-0.1, -0.05) is 78.9 Å². The Hall–Kier alpha value is -1.82. The minimum Gasteiger partial charge on any atom is -0.0985 e. The van der Waals surface area contributed by atoms with Crippen molar-refractivity contribution in [2.45, 2.75) is 6.92 Å². The first-order valence-electron chi connectivity index (χ1n) is 5.02. The summed E-state index contributed by atoms with van der Waals surface area (Å²) in [6.07, 6.45) is 1.83. The fraction of sp³-hybridized carbons (Fsp3) is 0.0667. The second-order valence-corrected chi connectivity index (χ2v) is 3.27. The van der Waals surface area contributed by atoms with E-state index in [2.05, 4.69) is 25.6 Å². The summed E-state index contributed by atoms with van der Waals surface area (Å²) in [4.78, 5) is 0. The van der Waals surface area contributed by atoms with Crippen molar-refractivity contribution in [2.75, 3.05) is 0 Å². The minimum atomic E-state index is 1.17. The Morgan fingerprint density at radius 1 is 0.800 bits per heavy atom. The van der Waals surface area contributed by atoms with Crippen LogP contribution in [0.4, 0.5) is 0 Å². The zero-order valence-electron chi connectivity index (χ0n) is 9.06. The van der Waals surface area contributed by atoms with E-state index >= 15 is 0 Å². The molecule has 0 spiro atoms. The van der Waals surface area contributed by atoms with Gasteiger partial charge in [-0.05, 0) is 12.5 Å². The summed E-state index contributed by atoms with van der Waals surface area (Å²) in [7, 11) is 0. The van der Waals surface area contributed by atoms with Crippen molar-refractivity contribution >= 4 is 6.08 Å². The Balaban J connectivity index is 0.000000151. The molecule has 0 heterocycles. The molecule has 0 saturated carbocycles. The van der Waals surface area contributed by atoms with E-state index in [4.69, 9.17) is 0 Å². The third kappa shape index (κ3) is 4.82. The van der Waals surface area contributed by atoms with Crippen molar-refractivity contribution in [2.24, 2.45) is 0 Å². The van der Waals surface area contributed by atoms with Crippen molar-refractivity contribution in [1.29, 1.82) is 0 Å². The van der Waals surface area contributed by atoms with Crippen LogP contribution in [0.2, 0.25) is 0 Å². The Morgan fingerprint density at radius 3 is 1.53 bits per heavy atom. The van der Waals surface area contributed by atoms with Crippen molar-refractivity contribution in [3.8, 4) is 0 Å². The molecule has 0 nitrogen and oxygen atoms in total. The van der Waals surface area contributed by atoms with Crippen molar-refractivity contribution in [3.63, 3.8) is 0 Å². The molecule has 0 unspecified atom stereocenters. The van der Waals surface area contributed by atoms with Crippen molar-refractivity contribution < 1.29 is 0 Å². The monoisotopic (exact) mass is 196 g/mol. The summed E-state index contributed by atoms with van der Waals surface area (Å²) < 4.78 is 0. The highest BCUT2D eigenvalue weighted by atomic mass is 13.8. The predicted octanol–water partition coefficient (Wildman–Crippen LogP) is 4.32. The molecule has 2 rings (SSSR count). The molecular weight excluding hydrogens is 180 g/mol. The lowest BCUT2D eigenvalue weighted by atomic mass is 10.2. The number of benzene rings is 2. The van der Waals surface area contributed by atoms with Crippen LogP contribution in [0.3, 0.4) is 0 Å². The van der Waals surface area contributed by atoms with E-state index in [0.717, 1.165) is 0 Å². The second kappa shape index (κ2) is 6.61. The van der Waals surface area contributed by atoms with Gasteiger partial charge in [0.25, 0.3) is 0 Å². The molecule has 0 aliphatic rings. The van der Waals surface area contributed by atoms with Gasteiger partial charge < -0.3 is 0 Å². The lowest BCUT2D eigenvalue weighted by Crippen LogP contribution is -1.63. The first-order valence-corrected chi connectivity index (χ1v) is 5.02. The van der Waals surface area contributed by atoms with Crippen LogP contribution in [0.25, 0.3) is 6.08 Å². The molecule has 2 aromatic carbocycles. The molecule has 0 saturated heterocycles. The number of rotatable bonds is 1. The van der Waals surface area contributed by atoms with Gasteiger partial charge in [0.05, 0.1) is 0 Å². The fourth-order valence-electron chi connectivity index (χ4n) is 1.12. The lowest BCUT2D eigenvalue weighted by Gasteiger charge is -1.85. The fourth-order valence-corrected chi connectivity index (χ4v) is 1.12. The molecule has 0 aliphatic heterocycles. The van der Waals surface area contributed by atoms with E-state index in [-0.39, 0.29) is 0 Å². The van der Waals surface area contributed by atoms with Crippen LogP contribution in [0.1, 0.15) is 11.1 Å². The summed E-state index contributed by atoms with van der Waals surface area (Å²) in [5.74, 6) is 0. The van der Waals surface area contributed by atoms with E-state index in [9.17, 15) is 0 Å². The molecule has 0 aromatic heterocycles. The van der Waals surface area contributed by atoms with Gasteiger partial charge in [0.15, 0.2) is 0 Å². The number of aryl methyl sites for hydroxylation is 1. The summed E-state index contributed by atoms with van der Waals surface area (Å²) in [6, 6.07) is 20.3. The maximum absolute atomic E-state index is 3.63. The smallest absolute Gasteiger partial charge is 0.0263 e. The van der Waals surface area contributed by atoms with Gasteiger partial charge in [-0.25, -0.2) is 0 Å². The van der Waals surface area contributed by atoms with E-state index in [1.807, 2.05) is 54.6 Å². The Labute approximate surface area is 91.9 Å². The molecule has 15 heavy (non-hydrogen) atoms. The van der Waals surface area contributed by atoms with Gasteiger partial charge in [0.1, 0.15) is 0 Å². The van der Waals surface area contributed by atoms with Gasteiger partial charge in [-0.2, -0.15) is 0 Å². The molecule has 0 aliphatic carbocycles. The van der Waals surface area contributed by atoms with Crippen LogP contribution in [-0.4, -0.2) is 0 Å². The van der Waals surface area contributed by atoms with Gasteiger partial charge in [-0.15, -0.1) is 0 Å². The van der Waals surface area contributed by atoms with E-state index < -0.39 is 0 Å². The Kier molecular flexibility index (Phi) is 4.96. The Bertz CT molecular complexity index is 373. The first-order chi connectivity index (χ1) is 7.33. The summed E-state index contributed by atoms with van der Waals surface area (Å²) in [5, 5.41) is 0. The molecular formula is C15H16. The van der Waals surface area contributed by atoms with Crippen LogP contribution in [0.15, 0.2) is 67.2 Å². The highest BCUT2D eigenvalue weighted by molar-refractivity contribution is 5.45. The summed E-state index contributed by atoms with van der Waals surface area (Å²) in [6.45, 7) is 5.71. The van der Waals surface area contributed by atoms with Crippen LogP contribution in [0.5, 0.6) is 0 Å². The zero-order valence-corrected chi connectivity index (χ0v) is 9.06. The maximum Gasteiger partial charge on any atom is -0.0263 e. The van der Waals surface area contributed by atoms with E-state index in [0.29, 0.717) is 0 Å². The molecule has 76 valence electrons. The lowest BCUT2D eigenvalue weighted by molar-refractivity contribution is 1.48. The first kappa shape index (κ1) is 11.3. The van der Waals surface area contributed by atoms with E-state index in [1.54, 1.807) is 0 Å². The third-order valence-electron chi connectivity index (χ3n) is 1.98. The highest BCUT2D eigenvalue weighted by Crippen LogP contribution is 1.97. The number of hydrogen-bond acceptors (Lipinski definition) is 0. The third-order valence-corrected chi connectivity index (χ3v) is 1.98. The highest BCUT2D eigenvalue weighted by Gasteiger charge is 1.75. The minimum absolute atomic E-state index is 1.17. The molecule has 0 atom stereocenters. The largest absolute Gasteiger partial charge is 0.0985 e.